The SMILES string of the molecule is CCc1ccc(CC)c(O)c1O. The van der Waals surface area contributed by atoms with Gasteiger partial charge < -0.3 is 10.2 Å². The zero-order valence-electron chi connectivity index (χ0n) is 7.46. The lowest BCUT2D eigenvalue weighted by Crippen LogP contribution is -1.87. The summed E-state index contributed by atoms with van der Waals surface area (Å²) in [5.74, 6) is 0.0775. The van der Waals surface area contributed by atoms with Gasteiger partial charge in [0.2, 0.25) is 0 Å². The molecule has 0 fully saturated rings. The summed E-state index contributed by atoms with van der Waals surface area (Å²) in [6, 6.07) is 3.71. The summed E-state index contributed by atoms with van der Waals surface area (Å²) >= 11 is 0. The van der Waals surface area contributed by atoms with Gasteiger partial charge in [0.25, 0.3) is 0 Å². The molecule has 0 aliphatic carbocycles. The molecule has 0 saturated carbocycles. The van der Waals surface area contributed by atoms with Crippen molar-refractivity contribution in [3.63, 3.8) is 0 Å². The van der Waals surface area contributed by atoms with Crippen LogP contribution in [0, 0.1) is 0 Å². The number of hydrogen-bond acceptors (Lipinski definition) is 2. The Labute approximate surface area is 72.5 Å². The molecule has 2 nitrogen and oxygen atoms in total. The fourth-order valence-corrected chi connectivity index (χ4v) is 1.23. The van der Waals surface area contributed by atoms with Crippen LogP contribution in [-0.2, 0) is 12.8 Å². The van der Waals surface area contributed by atoms with Gasteiger partial charge in [-0.3, -0.25) is 0 Å². The molecule has 0 atom stereocenters. The molecule has 0 spiro atoms. The first-order valence-corrected chi connectivity index (χ1v) is 4.23. The second kappa shape index (κ2) is 3.48. The van der Waals surface area contributed by atoms with Crippen LogP contribution in [0.4, 0.5) is 0 Å². The lowest BCUT2D eigenvalue weighted by atomic mass is 10.1. The second-order valence-corrected chi connectivity index (χ2v) is 2.79. The Morgan fingerprint density at radius 3 is 1.50 bits per heavy atom. The Balaban J connectivity index is 3.20. The Kier molecular flexibility index (Phi) is 2.58. The highest BCUT2D eigenvalue weighted by Gasteiger charge is 2.08. The Morgan fingerprint density at radius 2 is 1.25 bits per heavy atom. The highest BCUT2D eigenvalue weighted by Crippen LogP contribution is 2.32. The average Bonchev–Trinajstić information content (AvgIpc) is 2.10. The first-order chi connectivity index (χ1) is 5.70. The second-order valence-electron chi connectivity index (χ2n) is 2.79. The maximum atomic E-state index is 9.46. The predicted octanol–water partition coefficient (Wildman–Crippen LogP) is 2.22. The summed E-state index contributed by atoms with van der Waals surface area (Å²) in [5.41, 5.74) is 1.59. The molecule has 12 heavy (non-hydrogen) atoms. The zero-order chi connectivity index (χ0) is 9.14. The van der Waals surface area contributed by atoms with Crippen LogP contribution in [0.3, 0.4) is 0 Å². The summed E-state index contributed by atoms with van der Waals surface area (Å²) < 4.78 is 0. The minimum Gasteiger partial charge on any atom is -0.504 e. The van der Waals surface area contributed by atoms with Crippen molar-refractivity contribution in [1.82, 2.24) is 0 Å². The van der Waals surface area contributed by atoms with Crippen molar-refractivity contribution in [3.05, 3.63) is 23.3 Å². The molecule has 0 amide bonds. The van der Waals surface area contributed by atoms with E-state index >= 15 is 0 Å². The molecule has 1 aromatic rings. The number of phenols is 2. The van der Waals surface area contributed by atoms with Crippen LogP contribution in [0.15, 0.2) is 12.1 Å². The van der Waals surface area contributed by atoms with Crippen LogP contribution in [0.1, 0.15) is 25.0 Å². The Hall–Kier alpha value is -1.18. The average molecular weight is 166 g/mol. The molecule has 0 saturated heterocycles. The van der Waals surface area contributed by atoms with E-state index in [1.54, 1.807) is 0 Å². The fourth-order valence-electron chi connectivity index (χ4n) is 1.23. The molecule has 1 rings (SSSR count). The van der Waals surface area contributed by atoms with Gasteiger partial charge in [0.1, 0.15) is 0 Å². The van der Waals surface area contributed by atoms with Gasteiger partial charge >= 0.3 is 0 Å². The van der Waals surface area contributed by atoms with E-state index in [4.69, 9.17) is 0 Å². The number of phenolic OH excluding ortho intramolecular Hbond substituents is 2. The van der Waals surface area contributed by atoms with E-state index in [9.17, 15) is 10.2 Å². The number of aryl methyl sites for hydroxylation is 2. The van der Waals surface area contributed by atoms with Gasteiger partial charge in [0.05, 0.1) is 0 Å². The highest BCUT2D eigenvalue weighted by molar-refractivity contribution is 5.49. The summed E-state index contributed by atoms with van der Waals surface area (Å²) in [5, 5.41) is 18.9. The van der Waals surface area contributed by atoms with Gasteiger partial charge in [-0.2, -0.15) is 0 Å². The van der Waals surface area contributed by atoms with Gasteiger partial charge in [0.15, 0.2) is 11.5 Å². The van der Waals surface area contributed by atoms with Crippen molar-refractivity contribution in [2.24, 2.45) is 0 Å². The lowest BCUT2D eigenvalue weighted by Gasteiger charge is -2.07. The van der Waals surface area contributed by atoms with E-state index in [1.165, 1.54) is 0 Å². The Bertz CT molecular complexity index is 250. The number of aromatic hydroxyl groups is 2. The standard InChI is InChI=1S/C10H14O2/c1-3-7-5-6-8(4-2)10(12)9(7)11/h5-6,11-12H,3-4H2,1-2H3. The van der Waals surface area contributed by atoms with Crippen LogP contribution in [-0.4, -0.2) is 10.2 Å². The molecule has 1 aromatic carbocycles. The number of benzene rings is 1. The van der Waals surface area contributed by atoms with E-state index in [0.29, 0.717) is 0 Å². The minimum absolute atomic E-state index is 0.0388. The molecule has 0 aliphatic rings. The van der Waals surface area contributed by atoms with Gasteiger partial charge in [-0.15, -0.1) is 0 Å². The van der Waals surface area contributed by atoms with Crippen LogP contribution in [0.2, 0.25) is 0 Å². The van der Waals surface area contributed by atoms with Crippen molar-refractivity contribution in [2.45, 2.75) is 26.7 Å². The maximum Gasteiger partial charge on any atom is 0.160 e. The van der Waals surface area contributed by atoms with Crippen molar-refractivity contribution in [2.75, 3.05) is 0 Å². The topological polar surface area (TPSA) is 40.5 Å². The third-order valence-electron chi connectivity index (χ3n) is 2.08. The van der Waals surface area contributed by atoms with E-state index in [0.717, 1.165) is 24.0 Å². The van der Waals surface area contributed by atoms with Crippen LogP contribution in [0.25, 0.3) is 0 Å². The summed E-state index contributed by atoms with van der Waals surface area (Å²) in [4.78, 5) is 0. The summed E-state index contributed by atoms with van der Waals surface area (Å²) in [6.45, 7) is 3.89. The van der Waals surface area contributed by atoms with Gasteiger partial charge in [0, 0.05) is 0 Å². The van der Waals surface area contributed by atoms with Gasteiger partial charge in [-0.25, -0.2) is 0 Å². The first-order valence-electron chi connectivity index (χ1n) is 4.23. The third-order valence-corrected chi connectivity index (χ3v) is 2.08. The summed E-state index contributed by atoms with van der Waals surface area (Å²) in [7, 11) is 0. The van der Waals surface area contributed by atoms with E-state index in [-0.39, 0.29) is 11.5 Å². The van der Waals surface area contributed by atoms with Crippen LogP contribution >= 0.6 is 0 Å². The number of hydrogen-bond donors (Lipinski definition) is 2. The zero-order valence-corrected chi connectivity index (χ0v) is 7.46. The van der Waals surface area contributed by atoms with Gasteiger partial charge in [-0.1, -0.05) is 26.0 Å². The van der Waals surface area contributed by atoms with E-state index in [2.05, 4.69) is 0 Å². The molecule has 0 unspecified atom stereocenters. The predicted molar refractivity (Wildman–Crippen MR) is 48.5 cm³/mol. The molecule has 0 aromatic heterocycles. The maximum absolute atomic E-state index is 9.46. The molecule has 0 aliphatic heterocycles. The molecular formula is C10H14O2. The largest absolute Gasteiger partial charge is 0.504 e. The smallest absolute Gasteiger partial charge is 0.160 e. The van der Waals surface area contributed by atoms with Crippen molar-refractivity contribution in [3.8, 4) is 11.5 Å². The number of rotatable bonds is 2. The van der Waals surface area contributed by atoms with Gasteiger partial charge in [-0.05, 0) is 24.0 Å². The lowest BCUT2D eigenvalue weighted by molar-refractivity contribution is 0.396. The summed E-state index contributed by atoms with van der Waals surface area (Å²) in [6.07, 6.45) is 1.48. The highest BCUT2D eigenvalue weighted by atomic mass is 16.3. The van der Waals surface area contributed by atoms with Crippen molar-refractivity contribution in [1.29, 1.82) is 0 Å². The Morgan fingerprint density at radius 1 is 0.917 bits per heavy atom. The minimum atomic E-state index is 0.0388. The van der Waals surface area contributed by atoms with Crippen LogP contribution < -0.4 is 0 Å². The van der Waals surface area contributed by atoms with E-state index in [1.807, 2.05) is 26.0 Å². The molecular weight excluding hydrogens is 152 g/mol. The fraction of sp³-hybridized carbons (Fsp3) is 0.400. The molecule has 2 N–H and O–H groups in total. The quantitative estimate of drug-likeness (QED) is 0.661. The monoisotopic (exact) mass is 166 g/mol. The molecule has 0 bridgehead atoms. The van der Waals surface area contributed by atoms with Crippen molar-refractivity contribution < 1.29 is 10.2 Å². The van der Waals surface area contributed by atoms with Crippen molar-refractivity contribution >= 4 is 0 Å². The molecule has 0 radical (unpaired) electrons. The third kappa shape index (κ3) is 1.37. The van der Waals surface area contributed by atoms with E-state index < -0.39 is 0 Å². The molecule has 66 valence electrons. The normalized spacial score (nSPS) is 10.2. The molecule has 0 heterocycles. The van der Waals surface area contributed by atoms with Crippen LogP contribution in [0.5, 0.6) is 11.5 Å². The molecule has 2 heteroatoms. The first kappa shape index (κ1) is 8.91.